The fourth-order valence-electron chi connectivity index (χ4n) is 17.1. The average Bonchev–Trinajstić information content (AvgIpc) is 1.04. The Morgan fingerprint density at radius 3 is 1.57 bits per heavy atom. The molecule has 1 spiro atoms. The van der Waals surface area contributed by atoms with Gasteiger partial charge in [0.25, 0.3) is 5.56 Å². The number of rotatable bonds is 17. The molecule has 106 heavy (non-hydrogen) atoms. The minimum Gasteiger partial charge on any atom is -0.452 e. The molecule has 7 aliphatic rings. The first kappa shape index (κ1) is 73.5. The van der Waals surface area contributed by atoms with E-state index in [1.807, 2.05) is 77.1 Å². The largest absolute Gasteiger partial charge is 0.452 e. The van der Waals surface area contributed by atoms with E-state index in [1.54, 1.807) is 31.5 Å². The van der Waals surface area contributed by atoms with Crippen LogP contribution in [0.2, 0.25) is 0 Å². The van der Waals surface area contributed by atoms with Gasteiger partial charge in [0.15, 0.2) is 9.84 Å². The summed E-state index contributed by atoms with van der Waals surface area (Å²) in [5.74, 6) is 3.43. The molecule has 562 valence electrons. The van der Waals surface area contributed by atoms with Crippen molar-refractivity contribution in [3.8, 4) is 0 Å². The second-order valence-electron chi connectivity index (χ2n) is 29.7. The Labute approximate surface area is 618 Å². The van der Waals surface area contributed by atoms with Crippen molar-refractivity contribution in [1.29, 1.82) is 0 Å². The normalized spacial score (nSPS) is 19.8. The highest BCUT2D eigenvalue weighted by molar-refractivity contribution is 7.92. The van der Waals surface area contributed by atoms with E-state index < -0.39 is 15.9 Å². The molecule has 27 heteroatoms. The van der Waals surface area contributed by atoms with Crippen molar-refractivity contribution in [2.45, 2.75) is 168 Å². The van der Waals surface area contributed by atoms with Crippen LogP contribution in [0.1, 0.15) is 112 Å². The maximum Gasteiger partial charge on any atom is 0.414 e. The Morgan fingerprint density at radius 1 is 0.547 bits per heavy atom. The topological polar surface area (TPSA) is 261 Å². The number of sulfone groups is 1. The van der Waals surface area contributed by atoms with E-state index in [0.717, 1.165) is 189 Å². The Hall–Kier alpha value is -9.44. The number of nitrogens with zero attached hydrogens (tertiary/aromatic N) is 14. The lowest BCUT2D eigenvalue weighted by molar-refractivity contribution is -0.123. The average molecular weight is 1470 g/mol. The van der Waals surface area contributed by atoms with Gasteiger partial charge in [-0.2, -0.15) is 5.10 Å². The number of nitrogens with one attached hydrogen (secondary N) is 1. The third-order valence-electron chi connectivity index (χ3n) is 22.5. The first-order chi connectivity index (χ1) is 51.4. The van der Waals surface area contributed by atoms with E-state index in [2.05, 4.69) is 73.5 Å². The molecule has 4 fully saturated rings. The van der Waals surface area contributed by atoms with Crippen molar-refractivity contribution in [2.75, 3.05) is 100 Å². The molecular weight excluding hydrogens is 1370 g/mol. The quantitative estimate of drug-likeness (QED) is 0.0831. The molecule has 0 unspecified atom stereocenters. The lowest BCUT2D eigenvalue weighted by Crippen LogP contribution is -2.68. The van der Waals surface area contributed by atoms with Crippen molar-refractivity contribution >= 4 is 84.2 Å². The van der Waals surface area contributed by atoms with Crippen molar-refractivity contribution in [2.24, 2.45) is 5.41 Å². The molecule has 3 atom stereocenters. The number of benzene rings is 4. The summed E-state index contributed by atoms with van der Waals surface area (Å²) in [5, 5.41) is 7.50. The number of aromatic nitrogens is 9. The zero-order valence-corrected chi connectivity index (χ0v) is 62.7. The van der Waals surface area contributed by atoms with Crippen LogP contribution in [0, 0.1) is 5.41 Å². The zero-order valence-electron chi connectivity index (χ0n) is 61.9. The second-order valence-corrected chi connectivity index (χ2v) is 31.8. The van der Waals surface area contributed by atoms with Crippen molar-refractivity contribution in [1.82, 2.24) is 58.1 Å². The minimum absolute atomic E-state index is 0.00415. The van der Waals surface area contributed by atoms with Gasteiger partial charge in [0.05, 0.1) is 83.0 Å². The van der Waals surface area contributed by atoms with Crippen LogP contribution in [-0.2, 0) is 105 Å². The summed E-state index contributed by atoms with van der Waals surface area (Å²) in [7, 11) is 1.45. The number of ether oxygens (including phenoxy) is 4. The van der Waals surface area contributed by atoms with E-state index in [0.29, 0.717) is 37.7 Å². The fraction of sp³-hybridized carbons (Fsp3) is 0.506. The first-order valence-electron chi connectivity index (χ1n) is 37.7. The number of aryl methyl sites for hydroxylation is 7. The standard InChI is InChI=1S/C27H33N5O5.C27H32N4O4S.C25H34N6O2/c1-18-6-7-20-21(32(18)27(35)36-2)8-9-22-26(20)29-23(10-14-30-13-4-3-5-25(30)34)31(22)17-24(33)28-19-11-15-37-16-12-19;1-19-8-9-21-22(31(19)26(32)35-2)10-11-23-25(21)28-24(14-20-6-4-3-5-7-20)30(23)13-12-29-15-27(16-29)17-36(33,34)18-27;1-19-7-8-20-21(31(19)25(32)33-2)9-10-22-24(20)27-23(11-16-29-15-6-12-26-29)30(22)18-17-28-13-4-3-5-14-28/h3-5,8-9,13,18-19H,6-7,10-12,14-17H2,1-2H3,(H,28,33);3-7,10-11,19H,8-9,12-18H2,1-2H3;6,9-10,12,15,19H,3-5,7-8,11,13-14,16-18H2,1-2H3/t18-;2*19-/m000/s1. The number of piperidine rings is 1. The molecular formula is C79H99N15O11S. The third-order valence-corrected chi connectivity index (χ3v) is 24.6. The highest BCUT2D eigenvalue weighted by atomic mass is 32.2. The molecule has 0 bridgehead atoms. The number of carbonyl (C=O) groups excluding carboxylic acids is 4. The van der Waals surface area contributed by atoms with Gasteiger partial charge in [-0.05, 0) is 152 Å². The number of hydrogen-bond donors (Lipinski definition) is 1. The number of anilines is 3. The monoisotopic (exact) mass is 1470 g/mol. The van der Waals surface area contributed by atoms with E-state index in [9.17, 15) is 32.4 Å². The van der Waals surface area contributed by atoms with Gasteiger partial charge in [-0.25, -0.2) is 37.8 Å². The molecule has 0 saturated carbocycles. The van der Waals surface area contributed by atoms with Crippen molar-refractivity contribution < 1.29 is 46.5 Å². The van der Waals surface area contributed by atoms with Gasteiger partial charge in [0, 0.05) is 156 Å². The summed E-state index contributed by atoms with van der Waals surface area (Å²) >= 11 is 0. The SMILES string of the molecule is COC(=O)N1c2ccc3c(nc(CCn4ccccc4=O)n3CC(=O)NC3CCOCC3)c2CC[C@@H]1C.COC(=O)N1c2ccc3c(nc(CCn4cccn4)n3CCN3CCCCC3)c2CC[C@@H]1C.COC(=O)N1c2ccc3c(nc(Cc4ccccc4)n3CCN3CC4(C3)CS(=O)(=O)C4)c2CC[C@@H]1C. The van der Waals surface area contributed by atoms with Crippen LogP contribution in [0.5, 0.6) is 0 Å². The van der Waals surface area contributed by atoms with Crippen molar-refractivity contribution in [3.05, 3.63) is 160 Å². The Morgan fingerprint density at radius 2 is 1.05 bits per heavy atom. The summed E-state index contributed by atoms with van der Waals surface area (Å²) in [6, 6.07) is 29.9. The maximum atomic E-state index is 13.1. The van der Waals surface area contributed by atoms with Crippen LogP contribution in [0.15, 0.2) is 114 Å². The van der Waals surface area contributed by atoms with Gasteiger partial charge < -0.3 is 52.3 Å². The molecule has 12 heterocycles. The lowest BCUT2D eigenvalue weighted by atomic mass is 9.83. The predicted molar refractivity (Wildman–Crippen MR) is 407 cm³/mol. The highest BCUT2D eigenvalue weighted by Gasteiger charge is 2.55. The number of amides is 4. The molecule has 0 aliphatic carbocycles. The number of hydrogen-bond acceptors (Lipinski definition) is 17. The smallest absolute Gasteiger partial charge is 0.414 e. The Balaban J connectivity index is 0.000000134. The van der Waals surface area contributed by atoms with Crippen LogP contribution >= 0.6 is 0 Å². The number of pyridine rings is 1. The third kappa shape index (κ3) is 15.6. The summed E-state index contributed by atoms with van der Waals surface area (Å²) < 4.78 is 54.2. The summed E-state index contributed by atoms with van der Waals surface area (Å²) in [4.78, 5) is 88.4. The molecule has 9 aromatic rings. The molecule has 26 nitrogen and oxygen atoms in total. The second kappa shape index (κ2) is 31.9. The van der Waals surface area contributed by atoms with E-state index >= 15 is 0 Å². The van der Waals surface area contributed by atoms with E-state index in [-0.39, 0.29) is 59.8 Å². The fourth-order valence-corrected chi connectivity index (χ4v) is 19.2. The number of fused-ring (bicyclic) bond motifs is 9. The summed E-state index contributed by atoms with van der Waals surface area (Å²) in [6.45, 7) is 16.5. The van der Waals surface area contributed by atoms with Gasteiger partial charge in [-0.1, -0.05) is 42.8 Å². The molecule has 4 amide bonds. The van der Waals surface area contributed by atoms with E-state index in [1.165, 1.54) is 70.8 Å². The number of methoxy groups -OCH3 is 3. The van der Waals surface area contributed by atoms with Crippen LogP contribution < -0.4 is 25.6 Å². The number of imidazole rings is 3. The van der Waals surface area contributed by atoms with Crippen LogP contribution in [0.3, 0.4) is 0 Å². The summed E-state index contributed by atoms with van der Waals surface area (Å²) in [6.07, 6.45) is 17.2. The molecule has 5 aromatic heterocycles. The Kier molecular flexibility index (Phi) is 22.1. The lowest BCUT2D eigenvalue weighted by Gasteiger charge is -2.55. The number of likely N-dealkylation sites (tertiary alicyclic amines) is 2. The number of carbonyl (C=O) groups is 4. The molecule has 1 N–H and O–H groups in total. The Bertz CT molecular complexity index is 4830. The molecule has 4 saturated heterocycles. The summed E-state index contributed by atoms with van der Waals surface area (Å²) in [5.41, 5.74) is 12.8. The first-order valence-corrected chi connectivity index (χ1v) is 39.5. The minimum atomic E-state index is -2.81. The molecule has 7 aliphatic heterocycles. The van der Waals surface area contributed by atoms with Gasteiger partial charge >= 0.3 is 18.3 Å². The van der Waals surface area contributed by atoms with Gasteiger partial charge in [-0.3, -0.25) is 29.0 Å². The maximum absolute atomic E-state index is 13.1. The van der Waals surface area contributed by atoms with Crippen molar-refractivity contribution in [3.63, 3.8) is 0 Å². The van der Waals surface area contributed by atoms with Crippen LogP contribution in [0.4, 0.5) is 31.4 Å². The highest BCUT2D eigenvalue weighted by Crippen LogP contribution is 2.43. The van der Waals surface area contributed by atoms with Crippen LogP contribution in [0.25, 0.3) is 33.1 Å². The van der Waals surface area contributed by atoms with Gasteiger partial charge in [0.2, 0.25) is 5.91 Å². The predicted octanol–water partition coefficient (Wildman–Crippen LogP) is 9.78. The van der Waals surface area contributed by atoms with Crippen LogP contribution in [-0.4, -0.2) is 195 Å². The molecule has 0 radical (unpaired) electrons. The van der Waals surface area contributed by atoms with Gasteiger partial charge in [0.1, 0.15) is 24.0 Å². The van der Waals surface area contributed by atoms with E-state index in [4.69, 9.17) is 33.9 Å². The zero-order chi connectivity index (χ0) is 73.8. The molecule has 4 aromatic carbocycles. The van der Waals surface area contributed by atoms with Gasteiger partial charge in [-0.15, -0.1) is 0 Å². The molecule has 16 rings (SSSR count).